The van der Waals surface area contributed by atoms with Gasteiger partial charge >= 0.3 is 0 Å². The quantitative estimate of drug-likeness (QED) is 0.590. The second-order valence-corrected chi connectivity index (χ2v) is 5.81. The van der Waals surface area contributed by atoms with Crippen molar-refractivity contribution in [2.75, 3.05) is 7.11 Å². The Bertz CT molecular complexity index is 753. The van der Waals surface area contributed by atoms with E-state index in [0.717, 1.165) is 21.6 Å². The average molecular weight is 307 g/mol. The van der Waals surface area contributed by atoms with E-state index in [1.165, 1.54) is 17.4 Å². The minimum absolute atomic E-state index is 0.225. The van der Waals surface area contributed by atoms with Crippen LogP contribution in [0.3, 0.4) is 0 Å². The lowest BCUT2D eigenvalue weighted by Crippen LogP contribution is -1.93. The number of fused-ring (bicyclic) bond motifs is 1. The summed E-state index contributed by atoms with van der Waals surface area (Å²) in [6.07, 6.45) is 0. The van der Waals surface area contributed by atoms with Crippen molar-refractivity contribution in [1.29, 1.82) is 0 Å². The average Bonchev–Trinajstić information content (AvgIpc) is 2.96. The van der Waals surface area contributed by atoms with Crippen LogP contribution in [-0.4, -0.2) is 7.11 Å². The fourth-order valence-electron chi connectivity index (χ4n) is 2.23. The van der Waals surface area contributed by atoms with Crippen LogP contribution < -0.4 is 4.74 Å². The molecule has 0 bridgehead atoms. The number of hydrogen-bond acceptors (Lipinski definition) is 2. The Morgan fingerprint density at radius 3 is 2.60 bits per heavy atom. The molecule has 20 heavy (non-hydrogen) atoms. The summed E-state index contributed by atoms with van der Waals surface area (Å²) in [6.45, 7) is 0. The second kappa shape index (κ2) is 5.43. The van der Waals surface area contributed by atoms with Crippen LogP contribution in [0.1, 0.15) is 15.8 Å². The third-order valence-electron chi connectivity index (χ3n) is 3.26. The van der Waals surface area contributed by atoms with Gasteiger partial charge in [-0.25, -0.2) is 4.39 Å². The molecule has 3 aromatic rings. The molecule has 1 unspecified atom stereocenters. The van der Waals surface area contributed by atoms with Gasteiger partial charge in [-0.1, -0.05) is 30.3 Å². The Morgan fingerprint density at radius 2 is 1.90 bits per heavy atom. The Morgan fingerprint density at radius 1 is 1.15 bits per heavy atom. The number of alkyl halides is 1. The minimum atomic E-state index is -0.311. The van der Waals surface area contributed by atoms with Crippen LogP contribution in [0.5, 0.6) is 5.75 Å². The summed E-state index contributed by atoms with van der Waals surface area (Å²) >= 11 is 8.10. The van der Waals surface area contributed by atoms with Crippen molar-refractivity contribution in [3.63, 3.8) is 0 Å². The van der Waals surface area contributed by atoms with Gasteiger partial charge in [0.15, 0.2) is 0 Å². The lowest BCUT2D eigenvalue weighted by Gasteiger charge is -2.12. The van der Waals surface area contributed by atoms with Gasteiger partial charge in [-0.05, 0) is 23.1 Å². The molecule has 2 aromatic carbocycles. The second-order valence-electron chi connectivity index (χ2n) is 4.43. The van der Waals surface area contributed by atoms with Crippen molar-refractivity contribution in [1.82, 2.24) is 0 Å². The molecule has 4 heteroatoms. The molecule has 1 heterocycles. The van der Waals surface area contributed by atoms with E-state index in [4.69, 9.17) is 16.3 Å². The standard InChI is InChI=1S/C16H12ClFOS/c1-19-10-8-15(20-9-10)16(17)13-6-7-14(18)12-5-3-2-4-11(12)13/h2-9,16H,1H3. The SMILES string of the molecule is COc1csc(C(Cl)c2ccc(F)c3ccccc23)c1. The van der Waals surface area contributed by atoms with Gasteiger partial charge in [0.05, 0.1) is 12.5 Å². The number of thiophene rings is 1. The molecular formula is C16H12ClFOS. The topological polar surface area (TPSA) is 9.23 Å². The molecule has 1 aromatic heterocycles. The lowest BCUT2D eigenvalue weighted by molar-refractivity contribution is 0.416. The van der Waals surface area contributed by atoms with Gasteiger partial charge in [0, 0.05) is 15.6 Å². The van der Waals surface area contributed by atoms with E-state index in [1.54, 1.807) is 19.2 Å². The predicted molar refractivity (Wildman–Crippen MR) is 82.5 cm³/mol. The summed E-state index contributed by atoms with van der Waals surface area (Å²) in [4.78, 5) is 0.986. The molecule has 0 saturated carbocycles. The number of rotatable bonds is 3. The van der Waals surface area contributed by atoms with Gasteiger partial charge in [0.2, 0.25) is 0 Å². The molecule has 1 nitrogen and oxygen atoms in total. The highest BCUT2D eigenvalue weighted by Gasteiger charge is 2.17. The number of benzene rings is 2. The van der Waals surface area contributed by atoms with Gasteiger partial charge in [0.1, 0.15) is 11.6 Å². The van der Waals surface area contributed by atoms with Crippen molar-refractivity contribution < 1.29 is 9.13 Å². The highest BCUT2D eigenvalue weighted by atomic mass is 35.5. The third-order valence-corrected chi connectivity index (χ3v) is 4.83. The Hall–Kier alpha value is -1.58. The van der Waals surface area contributed by atoms with E-state index in [9.17, 15) is 4.39 Å². The Balaban J connectivity index is 2.12. The first kappa shape index (κ1) is 13.4. The van der Waals surface area contributed by atoms with Crippen LogP contribution in [-0.2, 0) is 0 Å². The molecule has 102 valence electrons. The van der Waals surface area contributed by atoms with Gasteiger partial charge < -0.3 is 4.74 Å². The zero-order valence-electron chi connectivity index (χ0n) is 10.8. The van der Waals surface area contributed by atoms with Crippen molar-refractivity contribution in [2.24, 2.45) is 0 Å². The molecule has 0 amide bonds. The van der Waals surface area contributed by atoms with E-state index < -0.39 is 0 Å². The Kier molecular flexibility index (Phi) is 3.64. The smallest absolute Gasteiger partial charge is 0.131 e. The molecule has 0 N–H and O–H groups in total. The van der Waals surface area contributed by atoms with Crippen molar-refractivity contribution >= 4 is 33.7 Å². The molecule has 0 fully saturated rings. The minimum Gasteiger partial charge on any atom is -0.496 e. The third kappa shape index (κ3) is 2.28. The first-order valence-corrected chi connectivity index (χ1v) is 7.46. The highest BCUT2D eigenvalue weighted by Crippen LogP contribution is 2.38. The first-order chi connectivity index (χ1) is 9.70. The van der Waals surface area contributed by atoms with Crippen molar-refractivity contribution in [3.8, 4) is 5.75 Å². The summed E-state index contributed by atoms with van der Waals surface area (Å²) in [5.41, 5.74) is 0.910. The van der Waals surface area contributed by atoms with E-state index >= 15 is 0 Å². The van der Waals surface area contributed by atoms with Gasteiger partial charge in [0.25, 0.3) is 0 Å². The number of methoxy groups -OCH3 is 1. The van der Waals surface area contributed by atoms with Crippen LogP contribution in [0.2, 0.25) is 0 Å². The predicted octanol–water partition coefficient (Wildman–Crippen LogP) is 5.38. The molecule has 0 aliphatic rings. The summed E-state index contributed by atoms with van der Waals surface area (Å²) in [7, 11) is 1.63. The number of hydrogen-bond donors (Lipinski definition) is 0. The molecule has 3 rings (SSSR count). The van der Waals surface area contributed by atoms with E-state index in [2.05, 4.69) is 0 Å². The summed E-state index contributed by atoms with van der Waals surface area (Å²) < 4.78 is 19.0. The van der Waals surface area contributed by atoms with Crippen LogP contribution >= 0.6 is 22.9 Å². The van der Waals surface area contributed by atoms with Gasteiger partial charge in [-0.3, -0.25) is 0 Å². The van der Waals surface area contributed by atoms with E-state index in [-0.39, 0.29) is 11.2 Å². The zero-order valence-corrected chi connectivity index (χ0v) is 12.3. The molecule has 0 radical (unpaired) electrons. The molecule has 0 saturated heterocycles. The maximum absolute atomic E-state index is 13.8. The maximum atomic E-state index is 13.8. The monoisotopic (exact) mass is 306 g/mol. The molecule has 0 aliphatic heterocycles. The summed E-state index contributed by atoms with van der Waals surface area (Å²) in [6, 6.07) is 12.5. The van der Waals surface area contributed by atoms with Gasteiger partial charge in [-0.15, -0.1) is 22.9 Å². The largest absolute Gasteiger partial charge is 0.496 e. The van der Waals surface area contributed by atoms with Gasteiger partial charge in [-0.2, -0.15) is 0 Å². The van der Waals surface area contributed by atoms with E-state index in [0.29, 0.717) is 5.39 Å². The maximum Gasteiger partial charge on any atom is 0.131 e. The van der Waals surface area contributed by atoms with Crippen LogP contribution in [0.25, 0.3) is 10.8 Å². The van der Waals surface area contributed by atoms with E-state index in [1.807, 2.05) is 29.6 Å². The summed E-state index contributed by atoms with van der Waals surface area (Å²) in [5.74, 6) is 0.569. The molecule has 0 spiro atoms. The van der Waals surface area contributed by atoms with Crippen molar-refractivity contribution in [3.05, 3.63) is 64.1 Å². The fraction of sp³-hybridized carbons (Fsp3) is 0.125. The number of halogens is 2. The highest BCUT2D eigenvalue weighted by molar-refractivity contribution is 7.10. The van der Waals surface area contributed by atoms with Crippen LogP contribution in [0.4, 0.5) is 4.39 Å². The normalized spacial score (nSPS) is 12.6. The van der Waals surface area contributed by atoms with Crippen LogP contribution in [0.15, 0.2) is 47.8 Å². The molecule has 0 aliphatic carbocycles. The fourth-order valence-corrected chi connectivity index (χ4v) is 3.49. The zero-order chi connectivity index (χ0) is 14.1. The first-order valence-electron chi connectivity index (χ1n) is 6.14. The lowest BCUT2D eigenvalue weighted by atomic mass is 10.0. The Labute approximate surface area is 125 Å². The molecule has 1 atom stereocenters. The summed E-state index contributed by atoms with van der Waals surface area (Å²) in [5, 5.41) is 3.05. The molecular weight excluding hydrogens is 295 g/mol. The number of ether oxygens (including phenoxy) is 1. The van der Waals surface area contributed by atoms with Crippen molar-refractivity contribution in [2.45, 2.75) is 5.38 Å². The van der Waals surface area contributed by atoms with Crippen LogP contribution in [0, 0.1) is 5.82 Å².